The smallest absolute Gasteiger partial charge is 0.163 e. The zero-order valence-corrected chi connectivity index (χ0v) is 57.7. The number of aliphatic hydroxyl groups is 4. The number of nitrogens with two attached hydrogens (primary N) is 1. The van der Waals surface area contributed by atoms with Gasteiger partial charge in [0.2, 0.25) is 0 Å². The normalized spacial score (nSPS) is 35.2. The molecule has 4 unspecified atom stereocenters. The van der Waals surface area contributed by atoms with Crippen molar-refractivity contribution in [1.82, 2.24) is 25.3 Å². The second-order valence-corrected chi connectivity index (χ2v) is 27.5. The van der Waals surface area contributed by atoms with E-state index in [0.29, 0.717) is 83.8 Å². The summed E-state index contributed by atoms with van der Waals surface area (Å²) in [7, 11) is 15.5. The minimum Gasteiger partial charge on any atom is -0.395 e. The highest BCUT2D eigenvalue weighted by atomic mass is 16.8. The van der Waals surface area contributed by atoms with Gasteiger partial charge in [-0.3, -0.25) is 4.90 Å². The van der Waals surface area contributed by atoms with Crippen LogP contribution in [0.25, 0.3) is 0 Å². The second-order valence-electron chi connectivity index (χ2n) is 27.5. The summed E-state index contributed by atoms with van der Waals surface area (Å²) >= 11 is 0. The van der Waals surface area contributed by atoms with E-state index in [2.05, 4.69) is 52.2 Å². The highest BCUT2D eigenvalue weighted by Crippen LogP contribution is 2.50. The third kappa shape index (κ3) is 28.5. The Morgan fingerprint density at radius 1 is 0.488 bits per heavy atom. The number of epoxide rings is 2. The van der Waals surface area contributed by atoms with E-state index in [-0.39, 0.29) is 61.4 Å². The summed E-state index contributed by atoms with van der Waals surface area (Å²) in [5.74, 6) is -3.12. The van der Waals surface area contributed by atoms with Gasteiger partial charge in [-0.1, -0.05) is 27.7 Å². The fourth-order valence-corrected chi connectivity index (χ4v) is 8.06. The van der Waals surface area contributed by atoms with Crippen LogP contribution in [0.4, 0.5) is 0 Å². The van der Waals surface area contributed by atoms with Crippen molar-refractivity contribution >= 4 is 0 Å². The van der Waals surface area contributed by atoms with Crippen LogP contribution in [0, 0.1) is 0 Å². The van der Waals surface area contributed by atoms with Crippen molar-refractivity contribution in [2.75, 3.05) is 136 Å². The molecule has 8 N–H and O–H groups in total. The van der Waals surface area contributed by atoms with Gasteiger partial charge in [0.15, 0.2) is 34.7 Å². The largest absolute Gasteiger partial charge is 0.395 e. The van der Waals surface area contributed by atoms with Crippen molar-refractivity contribution in [3.05, 3.63) is 0 Å². The van der Waals surface area contributed by atoms with Gasteiger partial charge >= 0.3 is 0 Å². The Morgan fingerprint density at radius 2 is 0.845 bits per heavy atom. The Kier molecular flexibility index (Phi) is 32.7. The fraction of sp³-hybridized carbons (Fsp3) is 1.00. The van der Waals surface area contributed by atoms with Gasteiger partial charge in [0.1, 0.15) is 41.2 Å². The lowest BCUT2D eigenvalue weighted by Crippen LogP contribution is -2.62. The van der Waals surface area contributed by atoms with E-state index in [9.17, 15) is 10.2 Å². The van der Waals surface area contributed by atoms with Gasteiger partial charge in [-0.05, 0) is 167 Å². The number of rotatable bonds is 9. The lowest BCUT2D eigenvalue weighted by Gasteiger charge is -2.45. The standard InChI is InChI=1S/C11H23NO3.2C9H19NO3.C9H16O3.C7H15NO3.C7H12O3.2C4H11N/c1-9(2)14-7-10(3,12(5)6)11(4,13)8-15-9;1-9(2)12-5-7(10(3)4)8(11)6-13-9;1-9(2)12-6-8(13-9)7(5-11)10(3)4;1-7(2)10-5-8(3)9(4,12-8)6-11-7;1-7(2)10-4-6(11-7)5(8)3-9;1-7(2)8-3-5-6(10-5)4-9-7;2*1-4(2)5-3/h13H,7-8H2,1-6H3;2*7-8,11H,5-6H2,1-4H3;5-6H2,1-4H3;5-6,9H,3-4,8H2,1-2H3;5-6H,3-4H2,1-2H3;2*4-5H,1-3H3/t10-,11-;2*7-,8-;;5-,6-;;;/m000.0.../s1. The van der Waals surface area contributed by atoms with E-state index in [1.807, 2.05) is 161 Å². The Bertz CT molecular complexity index is 1780. The zero-order chi connectivity index (χ0) is 65.3. The average Bonchev–Trinajstić information content (AvgIpc) is 4.30. The predicted octanol–water partition coefficient (Wildman–Crippen LogP) is 3.50. The van der Waals surface area contributed by atoms with E-state index in [1.165, 1.54) is 0 Å². The number of hydrogen-bond donors (Lipinski definition) is 7. The highest BCUT2D eigenvalue weighted by molar-refractivity contribution is 5.12. The van der Waals surface area contributed by atoms with E-state index < -0.39 is 52.0 Å². The first-order valence-corrected chi connectivity index (χ1v) is 30.0. The molecule has 0 aliphatic carbocycles. The predicted molar refractivity (Wildman–Crippen MR) is 325 cm³/mol. The Balaban J connectivity index is 0.000000489. The van der Waals surface area contributed by atoms with Crippen molar-refractivity contribution in [1.29, 1.82) is 0 Å². The van der Waals surface area contributed by atoms with E-state index >= 15 is 0 Å². The van der Waals surface area contributed by atoms with E-state index in [1.54, 1.807) is 6.92 Å². The molecule has 0 saturated carbocycles. The molecule has 0 spiro atoms. The molecule has 8 aliphatic heterocycles. The van der Waals surface area contributed by atoms with Crippen LogP contribution in [0.2, 0.25) is 0 Å². The molecule has 24 nitrogen and oxygen atoms in total. The number of hydrogen-bond acceptors (Lipinski definition) is 24. The first-order chi connectivity index (χ1) is 38.1. The van der Waals surface area contributed by atoms with E-state index in [4.69, 9.17) is 82.3 Å². The summed E-state index contributed by atoms with van der Waals surface area (Å²) in [4.78, 5) is 5.89. The number of nitrogens with one attached hydrogen (secondary N) is 2. The highest BCUT2D eigenvalue weighted by Gasteiger charge is 2.66. The van der Waals surface area contributed by atoms with Crippen LogP contribution >= 0.6 is 0 Å². The number of fused-ring (bicyclic) bond motifs is 2. The topological polar surface area (TPSA) is 277 Å². The molecule has 8 saturated heterocycles. The zero-order valence-electron chi connectivity index (χ0n) is 57.7. The summed E-state index contributed by atoms with van der Waals surface area (Å²) < 4.78 is 76.5. The maximum Gasteiger partial charge on any atom is 0.163 e. The van der Waals surface area contributed by atoms with Crippen LogP contribution in [0.5, 0.6) is 0 Å². The molecule has 0 aromatic rings. The molecule has 0 amide bonds. The molecular weight excluding hydrogens is 1090 g/mol. The van der Waals surface area contributed by atoms with Gasteiger partial charge in [0, 0.05) is 12.1 Å². The molecule has 0 aromatic heterocycles. The summed E-state index contributed by atoms with van der Waals surface area (Å²) in [6.07, 6.45) is -0.0645. The van der Waals surface area contributed by atoms with Crippen LogP contribution < -0.4 is 16.4 Å². The first kappa shape index (κ1) is 81.1. The fourth-order valence-electron chi connectivity index (χ4n) is 8.06. The minimum atomic E-state index is -0.926. The van der Waals surface area contributed by atoms with Gasteiger partial charge in [-0.25, -0.2) is 0 Å². The lowest BCUT2D eigenvalue weighted by molar-refractivity contribution is -0.219. The second kappa shape index (κ2) is 33.9. The number of nitrogens with zero attached hydrogens (tertiary/aromatic N) is 3. The first-order valence-electron chi connectivity index (χ1n) is 30.0. The van der Waals surface area contributed by atoms with Crippen LogP contribution in [0.1, 0.15) is 138 Å². The summed E-state index contributed by atoms with van der Waals surface area (Å²) in [6, 6.07) is 0.963. The van der Waals surface area contributed by atoms with Gasteiger partial charge in [0.25, 0.3) is 0 Å². The molecular formula is C60H126N6O18. The minimum absolute atomic E-state index is 0.0155. The monoisotopic (exact) mass is 1220 g/mol. The van der Waals surface area contributed by atoms with Gasteiger partial charge in [-0.2, -0.15) is 0 Å². The van der Waals surface area contributed by atoms with Crippen molar-refractivity contribution in [2.24, 2.45) is 5.73 Å². The third-order valence-electron chi connectivity index (χ3n) is 15.8. The Morgan fingerprint density at radius 3 is 1.19 bits per heavy atom. The van der Waals surface area contributed by atoms with Crippen LogP contribution in [0.3, 0.4) is 0 Å². The van der Waals surface area contributed by atoms with Crippen molar-refractivity contribution in [3.63, 3.8) is 0 Å². The number of likely N-dealkylation sites (N-methyl/N-ethyl adjacent to an activating group) is 3. The quantitative estimate of drug-likeness (QED) is 0.163. The summed E-state index contributed by atoms with van der Waals surface area (Å²) in [5, 5.41) is 44.0. The molecule has 0 bridgehead atoms. The van der Waals surface area contributed by atoms with E-state index in [0.717, 1.165) is 0 Å². The van der Waals surface area contributed by atoms with Gasteiger partial charge in [0.05, 0.1) is 109 Å². The van der Waals surface area contributed by atoms with Gasteiger partial charge in [-0.15, -0.1) is 0 Å². The third-order valence-corrected chi connectivity index (χ3v) is 15.8. The summed E-state index contributed by atoms with van der Waals surface area (Å²) in [6.45, 7) is 44.2. The van der Waals surface area contributed by atoms with Crippen LogP contribution in [-0.4, -0.2) is 289 Å². The van der Waals surface area contributed by atoms with Crippen LogP contribution in [-0.2, 0) is 66.3 Å². The molecule has 84 heavy (non-hydrogen) atoms. The average molecular weight is 1220 g/mol. The maximum atomic E-state index is 10.4. The summed E-state index contributed by atoms with van der Waals surface area (Å²) in [5.41, 5.74) is 3.93. The van der Waals surface area contributed by atoms with Crippen molar-refractivity contribution in [3.8, 4) is 0 Å². The van der Waals surface area contributed by atoms with Crippen LogP contribution in [0.15, 0.2) is 0 Å². The molecule has 8 fully saturated rings. The Labute approximate surface area is 508 Å². The molecule has 8 heterocycles. The van der Waals surface area contributed by atoms with Gasteiger partial charge < -0.3 is 113 Å². The SMILES string of the molecule is CC1(C)OCC2(C)OC2(C)CO1.CC1(C)OCC2OC2CO1.CC1(C)OC[C@@H]([C@@H](N)CO)O1.CN(C)[C@@H](CO)[C@@H]1COC(C)(C)O1.CN(C)[C@@]1(C)COC(C)(C)OC[C@]1(C)O.CN(C)[C@H]1COC(C)(C)OC[C@@H]1O.CNC(C)C.CNC(C)C. The molecule has 0 radical (unpaired) electrons. The molecule has 0 aromatic carbocycles. The molecule has 24 heteroatoms. The number of ether oxygens (including phenoxy) is 14. The maximum absolute atomic E-state index is 10.4. The molecule has 8 rings (SSSR count). The molecule has 8 aliphatic rings. The molecule has 12 atom stereocenters. The van der Waals surface area contributed by atoms with Crippen molar-refractivity contribution < 1.29 is 86.7 Å². The number of aliphatic hydroxyl groups excluding tert-OH is 3. The van der Waals surface area contributed by atoms with Crippen molar-refractivity contribution in [2.45, 2.75) is 256 Å². The molecule has 504 valence electrons. The Hall–Kier alpha value is -0.960. The lowest BCUT2D eigenvalue weighted by atomic mass is 9.82.